The van der Waals surface area contributed by atoms with Gasteiger partial charge >= 0.3 is 0 Å². The molecular formula is C13H25ClN2. The van der Waals surface area contributed by atoms with E-state index in [2.05, 4.69) is 16.7 Å². The molecule has 2 nitrogen and oxygen atoms in total. The molecule has 2 aliphatic rings. The van der Waals surface area contributed by atoms with Crippen molar-refractivity contribution in [1.82, 2.24) is 9.80 Å². The van der Waals surface area contributed by atoms with Gasteiger partial charge in [0.15, 0.2) is 0 Å². The number of hydrogen-bond donors (Lipinski definition) is 0. The third-order valence-corrected chi connectivity index (χ3v) is 4.61. The highest BCUT2D eigenvalue weighted by Gasteiger charge is 2.26. The predicted octanol–water partition coefficient (Wildman–Crippen LogP) is 2.42. The van der Waals surface area contributed by atoms with Gasteiger partial charge in [0.25, 0.3) is 0 Å². The summed E-state index contributed by atoms with van der Waals surface area (Å²) in [4.78, 5) is 5.30. The minimum Gasteiger partial charge on any atom is -0.300 e. The van der Waals surface area contributed by atoms with Crippen LogP contribution in [-0.4, -0.2) is 54.4 Å². The second-order valence-corrected chi connectivity index (χ2v) is 5.84. The summed E-state index contributed by atoms with van der Waals surface area (Å²) in [5.74, 6) is 1.43. The minimum absolute atomic E-state index is 0.639. The van der Waals surface area contributed by atoms with Crippen LogP contribution in [0.25, 0.3) is 0 Å². The SMILES string of the molecule is CC(CCl)CN1CCN(C2CCCC2)CC1. The number of halogens is 1. The summed E-state index contributed by atoms with van der Waals surface area (Å²) >= 11 is 5.87. The number of rotatable bonds is 4. The van der Waals surface area contributed by atoms with Crippen molar-refractivity contribution < 1.29 is 0 Å². The Labute approximate surface area is 105 Å². The van der Waals surface area contributed by atoms with Crippen LogP contribution in [0.5, 0.6) is 0 Å². The maximum atomic E-state index is 5.87. The Morgan fingerprint density at radius 3 is 2.31 bits per heavy atom. The smallest absolute Gasteiger partial charge is 0.0261 e. The summed E-state index contributed by atoms with van der Waals surface area (Å²) in [6, 6.07) is 0.910. The van der Waals surface area contributed by atoms with Crippen LogP contribution in [0, 0.1) is 5.92 Å². The fourth-order valence-electron chi connectivity index (χ4n) is 3.07. The summed E-state index contributed by atoms with van der Waals surface area (Å²) in [5, 5.41) is 0. The predicted molar refractivity (Wildman–Crippen MR) is 70.2 cm³/mol. The van der Waals surface area contributed by atoms with Crippen LogP contribution >= 0.6 is 11.6 Å². The van der Waals surface area contributed by atoms with Gasteiger partial charge in [0, 0.05) is 44.6 Å². The molecule has 16 heavy (non-hydrogen) atoms. The Bertz CT molecular complexity index is 196. The molecule has 0 spiro atoms. The molecule has 0 aromatic carbocycles. The topological polar surface area (TPSA) is 6.48 Å². The number of nitrogens with zero attached hydrogens (tertiary/aromatic N) is 2. The van der Waals surface area contributed by atoms with Gasteiger partial charge in [-0.3, -0.25) is 4.90 Å². The summed E-state index contributed by atoms with van der Waals surface area (Å²) in [5.41, 5.74) is 0. The molecule has 0 radical (unpaired) electrons. The van der Waals surface area contributed by atoms with Crippen LogP contribution in [0.1, 0.15) is 32.6 Å². The van der Waals surface area contributed by atoms with Gasteiger partial charge in [-0.25, -0.2) is 0 Å². The molecule has 94 valence electrons. The molecule has 1 atom stereocenters. The lowest BCUT2D eigenvalue weighted by Crippen LogP contribution is -2.50. The zero-order chi connectivity index (χ0) is 11.4. The maximum Gasteiger partial charge on any atom is 0.0261 e. The molecule has 2 fully saturated rings. The molecule has 0 aromatic rings. The Balaban J connectivity index is 1.69. The number of hydrogen-bond acceptors (Lipinski definition) is 2. The minimum atomic E-state index is 0.639. The van der Waals surface area contributed by atoms with Gasteiger partial charge < -0.3 is 4.90 Å². The maximum absolute atomic E-state index is 5.87. The normalized spacial score (nSPS) is 27.4. The lowest BCUT2D eigenvalue weighted by molar-refractivity contribution is 0.0911. The van der Waals surface area contributed by atoms with Crippen molar-refractivity contribution in [2.24, 2.45) is 5.92 Å². The molecule has 1 unspecified atom stereocenters. The van der Waals surface area contributed by atoms with Crippen LogP contribution in [0.4, 0.5) is 0 Å². The van der Waals surface area contributed by atoms with E-state index in [9.17, 15) is 0 Å². The molecule has 1 saturated heterocycles. The Kier molecular flexibility index (Phi) is 4.93. The quantitative estimate of drug-likeness (QED) is 0.701. The van der Waals surface area contributed by atoms with Crippen LogP contribution in [-0.2, 0) is 0 Å². The van der Waals surface area contributed by atoms with Crippen molar-refractivity contribution in [2.75, 3.05) is 38.6 Å². The molecule has 0 aromatic heterocycles. The Morgan fingerprint density at radius 2 is 1.75 bits per heavy atom. The largest absolute Gasteiger partial charge is 0.300 e. The number of alkyl halides is 1. The first-order valence-corrected chi connectivity index (χ1v) is 7.35. The Hall–Kier alpha value is 0.210. The summed E-state index contributed by atoms with van der Waals surface area (Å²) in [7, 11) is 0. The van der Waals surface area contributed by atoms with Gasteiger partial charge in [-0.2, -0.15) is 0 Å². The molecule has 0 amide bonds. The second-order valence-electron chi connectivity index (χ2n) is 5.53. The average molecular weight is 245 g/mol. The highest BCUT2D eigenvalue weighted by Crippen LogP contribution is 2.24. The third-order valence-electron chi connectivity index (χ3n) is 4.08. The van der Waals surface area contributed by atoms with Crippen LogP contribution in [0.3, 0.4) is 0 Å². The van der Waals surface area contributed by atoms with E-state index in [0.29, 0.717) is 5.92 Å². The van der Waals surface area contributed by atoms with Gasteiger partial charge in [0.1, 0.15) is 0 Å². The lowest BCUT2D eigenvalue weighted by Gasteiger charge is -2.38. The molecule has 2 rings (SSSR count). The standard InChI is InChI=1S/C13H25ClN2/c1-12(10-14)11-15-6-8-16(9-7-15)13-4-2-3-5-13/h12-13H,2-11H2,1H3. The van der Waals surface area contributed by atoms with E-state index in [1.54, 1.807) is 0 Å². The Morgan fingerprint density at radius 1 is 1.12 bits per heavy atom. The molecule has 1 heterocycles. The highest BCUT2D eigenvalue weighted by molar-refractivity contribution is 6.18. The molecule has 0 N–H and O–H groups in total. The second kappa shape index (κ2) is 6.23. The summed E-state index contributed by atoms with van der Waals surface area (Å²) in [6.45, 7) is 8.48. The summed E-state index contributed by atoms with van der Waals surface area (Å²) < 4.78 is 0. The molecule has 1 saturated carbocycles. The van der Waals surface area contributed by atoms with E-state index in [1.807, 2.05) is 0 Å². The van der Waals surface area contributed by atoms with Crippen molar-refractivity contribution in [3.05, 3.63) is 0 Å². The van der Waals surface area contributed by atoms with Crippen LogP contribution in [0.15, 0.2) is 0 Å². The first-order valence-electron chi connectivity index (χ1n) is 6.82. The molecule has 1 aliphatic heterocycles. The first-order chi connectivity index (χ1) is 7.79. The summed E-state index contributed by atoms with van der Waals surface area (Å²) in [6.07, 6.45) is 5.79. The van der Waals surface area contributed by atoms with Crippen LogP contribution in [0.2, 0.25) is 0 Å². The monoisotopic (exact) mass is 244 g/mol. The van der Waals surface area contributed by atoms with Gasteiger partial charge in [0.2, 0.25) is 0 Å². The molecular weight excluding hydrogens is 220 g/mol. The van der Waals surface area contributed by atoms with Gasteiger partial charge in [-0.1, -0.05) is 19.8 Å². The van der Waals surface area contributed by atoms with Crippen LogP contribution < -0.4 is 0 Å². The fourth-order valence-corrected chi connectivity index (χ4v) is 3.17. The van der Waals surface area contributed by atoms with E-state index in [-0.39, 0.29) is 0 Å². The van der Waals surface area contributed by atoms with Gasteiger partial charge in [0.05, 0.1) is 0 Å². The zero-order valence-electron chi connectivity index (χ0n) is 10.5. The van der Waals surface area contributed by atoms with Crippen molar-refractivity contribution in [2.45, 2.75) is 38.6 Å². The average Bonchev–Trinajstić information content (AvgIpc) is 2.83. The fraction of sp³-hybridized carbons (Fsp3) is 1.00. The van der Waals surface area contributed by atoms with E-state index >= 15 is 0 Å². The molecule has 1 aliphatic carbocycles. The van der Waals surface area contributed by atoms with E-state index in [1.165, 1.54) is 58.4 Å². The first kappa shape index (κ1) is 12.7. The third kappa shape index (κ3) is 3.35. The van der Waals surface area contributed by atoms with E-state index in [0.717, 1.165) is 11.9 Å². The van der Waals surface area contributed by atoms with Crippen molar-refractivity contribution in [3.63, 3.8) is 0 Å². The molecule has 3 heteroatoms. The van der Waals surface area contributed by atoms with Gasteiger partial charge in [-0.05, 0) is 18.8 Å². The van der Waals surface area contributed by atoms with E-state index in [4.69, 9.17) is 11.6 Å². The lowest BCUT2D eigenvalue weighted by atomic mass is 10.1. The van der Waals surface area contributed by atoms with Gasteiger partial charge in [-0.15, -0.1) is 11.6 Å². The van der Waals surface area contributed by atoms with Crippen molar-refractivity contribution in [3.8, 4) is 0 Å². The number of piperazine rings is 1. The van der Waals surface area contributed by atoms with E-state index < -0.39 is 0 Å². The molecule has 0 bridgehead atoms. The zero-order valence-corrected chi connectivity index (χ0v) is 11.3. The highest BCUT2D eigenvalue weighted by atomic mass is 35.5. The van der Waals surface area contributed by atoms with Crippen molar-refractivity contribution >= 4 is 11.6 Å². The van der Waals surface area contributed by atoms with Crippen molar-refractivity contribution in [1.29, 1.82) is 0 Å².